The van der Waals surface area contributed by atoms with Gasteiger partial charge in [-0.15, -0.1) is 11.3 Å². The second kappa shape index (κ2) is 19.6. The highest BCUT2D eigenvalue weighted by Gasteiger charge is 2.41. The van der Waals surface area contributed by atoms with E-state index in [4.69, 9.17) is 14.2 Å². The molecule has 0 bridgehead atoms. The molecule has 57 heavy (non-hydrogen) atoms. The Bertz CT molecular complexity index is 1840. The number of morpholine rings is 1. The number of nitrogens with zero attached hydrogens (tertiary/aromatic N) is 3. The van der Waals surface area contributed by atoms with Crippen LogP contribution in [0.4, 0.5) is 5.69 Å². The van der Waals surface area contributed by atoms with Crippen molar-refractivity contribution in [2.75, 3.05) is 77.6 Å². The number of carbonyl (C=O) groups excluding carboxylic acids is 3. The monoisotopic (exact) mass is 801 g/mol. The summed E-state index contributed by atoms with van der Waals surface area (Å²) in [6.07, 6.45) is 9.32. The van der Waals surface area contributed by atoms with Crippen molar-refractivity contribution < 1.29 is 33.7 Å². The van der Waals surface area contributed by atoms with Gasteiger partial charge in [0.05, 0.1) is 43.3 Å². The van der Waals surface area contributed by atoms with Crippen molar-refractivity contribution in [3.8, 4) is 11.5 Å². The van der Waals surface area contributed by atoms with E-state index >= 15 is 0 Å². The number of carbonyl (C=O) groups is 3. The Morgan fingerprint density at radius 3 is 2.65 bits per heavy atom. The van der Waals surface area contributed by atoms with E-state index < -0.39 is 0 Å². The number of aryl methyl sites for hydroxylation is 1. The second-order valence-corrected chi connectivity index (χ2v) is 17.3. The zero-order valence-electron chi connectivity index (χ0n) is 33.4. The molecule has 4 heterocycles. The molecular weight excluding hydrogens is 743 g/mol. The normalized spacial score (nSPS) is 18.5. The predicted octanol–water partition coefficient (Wildman–Crippen LogP) is 5.54. The van der Waals surface area contributed by atoms with Crippen molar-refractivity contribution in [2.24, 2.45) is 0 Å². The molecule has 13 heteroatoms. The fraction of sp³-hybridized carbons (Fsp3) is 0.568. The van der Waals surface area contributed by atoms with Gasteiger partial charge in [-0.25, -0.2) is 0 Å². The summed E-state index contributed by atoms with van der Waals surface area (Å²) < 4.78 is 18.0. The van der Waals surface area contributed by atoms with Crippen LogP contribution in [0.1, 0.15) is 82.6 Å². The molecule has 1 aliphatic carbocycles. The molecule has 0 atom stereocenters. The van der Waals surface area contributed by atoms with Gasteiger partial charge in [-0.3, -0.25) is 19.3 Å². The second-order valence-electron chi connectivity index (χ2n) is 16.0. The highest BCUT2D eigenvalue weighted by Crippen LogP contribution is 2.39. The number of nitrogens with one attached hydrogen (secondary N) is 2. The Morgan fingerprint density at radius 1 is 1.02 bits per heavy atom. The third kappa shape index (κ3) is 10.9. The summed E-state index contributed by atoms with van der Waals surface area (Å²) in [6, 6.07) is 16.4. The number of amides is 3. The van der Waals surface area contributed by atoms with Gasteiger partial charge in [0.1, 0.15) is 11.4 Å². The van der Waals surface area contributed by atoms with Gasteiger partial charge in [-0.2, -0.15) is 0 Å². The predicted molar refractivity (Wildman–Crippen MR) is 221 cm³/mol. The molecule has 3 amide bonds. The molecule has 2 aromatic carbocycles. The molecule has 308 valence electrons. The molecule has 2 saturated heterocycles. The lowest BCUT2D eigenvalue weighted by atomic mass is 9.89. The minimum absolute atomic E-state index is 0.00314. The number of fused-ring (bicyclic) bond motifs is 1. The fourth-order valence-corrected chi connectivity index (χ4v) is 9.58. The van der Waals surface area contributed by atoms with Gasteiger partial charge >= 0.3 is 0 Å². The third-order valence-electron chi connectivity index (χ3n) is 11.9. The van der Waals surface area contributed by atoms with Crippen LogP contribution in [0.2, 0.25) is 0 Å². The van der Waals surface area contributed by atoms with Gasteiger partial charge in [0.15, 0.2) is 12.4 Å². The molecule has 1 spiro atoms. The van der Waals surface area contributed by atoms with Crippen LogP contribution in [0.3, 0.4) is 0 Å². The average molecular weight is 802 g/mol. The molecular formula is C44H59N5O7S. The maximum Gasteiger partial charge on any atom is 0.264 e. The molecule has 1 saturated carbocycles. The Morgan fingerprint density at radius 2 is 1.84 bits per heavy atom. The van der Waals surface area contributed by atoms with E-state index in [2.05, 4.69) is 44.7 Å². The Kier molecular flexibility index (Phi) is 14.2. The van der Waals surface area contributed by atoms with Gasteiger partial charge in [0.2, 0.25) is 5.91 Å². The number of benzene rings is 2. The minimum Gasteiger partial charge on any atom is -0.506 e. The molecule has 7 rings (SSSR count). The summed E-state index contributed by atoms with van der Waals surface area (Å²) in [7, 11) is 0. The maximum absolute atomic E-state index is 13.5. The van der Waals surface area contributed by atoms with E-state index in [1.54, 1.807) is 17.4 Å². The smallest absolute Gasteiger partial charge is 0.264 e. The van der Waals surface area contributed by atoms with Crippen LogP contribution >= 0.6 is 11.3 Å². The highest BCUT2D eigenvalue weighted by molar-refractivity contribution is 7.13. The number of rotatable bonds is 16. The highest BCUT2D eigenvalue weighted by atomic mass is 32.1. The third-order valence-corrected chi connectivity index (χ3v) is 12.9. The van der Waals surface area contributed by atoms with Crippen LogP contribution in [-0.2, 0) is 38.4 Å². The molecule has 3 aliphatic heterocycles. The molecule has 12 nitrogen and oxygen atoms in total. The van der Waals surface area contributed by atoms with Crippen LogP contribution in [-0.4, -0.2) is 121 Å². The van der Waals surface area contributed by atoms with Crippen LogP contribution in [0.5, 0.6) is 11.5 Å². The number of likely N-dealkylation sites (tertiary alicyclic amines) is 1. The molecule has 0 unspecified atom stereocenters. The van der Waals surface area contributed by atoms with Crippen LogP contribution < -0.4 is 15.4 Å². The van der Waals surface area contributed by atoms with E-state index in [0.717, 1.165) is 79.9 Å². The number of ether oxygens (including phenoxy) is 3. The summed E-state index contributed by atoms with van der Waals surface area (Å²) in [5.74, 6) is 0.527. The number of hydrogen-bond acceptors (Lipinski definition) is 10. The van der Waals surface area contributed by atoms with Gasteiger partial charge in [0.25, 0.3) is 11.8 Å². The Balaban J connectivity index is 0.811. The Labute approximate surface area is 340 Å². The molecule has 0 radical (unpaired) electrons. The van der Waals surface area contributed by atoms with Crippen LogP contribution in [0.25, 0.3) is 0 Å². The lowest BCUT2D eigenvalue weighted by Gasteiger charge is -2.47. The van der Waals surface area contributed by atoms with E-state index in [1.807, 2.05) is 30.0 Å². The van der Waals surface area contributed by atoms with Crippen molar-refractivity contribution in [2.45, 2.75) is 89.3 Å². The first-order valence-corrected chi connectivity index (χ1v) is 21.7. The molecule has 3 aromatic rings. The Hall–Kier alpha value is -4.01. The van der Waals surface area contributed by atoms with Crippen LogP contribution in [0.15, 0.2) is 48.5 Å². The van der Waals surface area contributed by atoms with Gasteiger partial charge in [-0.05, 0) is 86.9 Å². The summed E-state index contributed by atoms with van der Waals surface area (Å²) in [4.78, 5) is 47.0. The summed E-state index contributed by atoms with van der Waals surface area (Å²) in [6.45, 7) is 9.63. The number of phenolic OH excluding ortho intramolecular Hbond substituents is 1. The summed E-state index contributed by atoms with van der Waals surface area (Å²) in [5.41, 5.74) is 3.52. The van der Waals surface area contributed by atoms with Gasteiger partial charge < -0.3 is 39.8 Å². The summed E-state index contributed by atoms with van der Waals surface area (Å²) in [5, 5.41) is 16.3. The number of piperidine rings is 1. The van der Waals surface area contributed by atoms with Crippen molar-refractivity contribution in [1.29, 1.82) is 0 Å². The number of aromatic hydroxyl groups is 1. The van der Waals surface area contributed by atoms with E-state index in [0.29, 0.717) is 76.8 Å². The SMILES string of the molecule is Cc1ccc(C(=O)N2CCOC3(CCN(Cc4cccc(CCOCCC(=O)N(CCNCCc5ccc(O)c6c5OCC(=O)N6)C5CCCCC5)c4)CC3)C2)s1. The zero-order chi connectivity index (χ0) is 39.6. The standard InChI is InChI=1S/C44H59N5O7S/c1-32-10-13-38(57-32)43(53)48-24-27-56-44(31-48)17-21-47(22-18-44)29-34-7-5-6-33(28-34)15-25-54-26-16-40(52)49(36-8-3-2-4-9-36)23-20-45-19-14-35-11-12-37(50)41-42(35)55-30-39(51)46-41/h5-7,10-13,28,36,45,50H,2-4,8-9,14-27,29-31H2,1H3,(H,46,51). The number of anilines is 1. The van der Waals surface area contributed by atoms with Gasteiger partial charge in [-0.1, -0.05) is 49.6 Å². The quantitative estimate of drug-likeness (QED) is 0.126. The van der Waals surface area contributed by atoms with E-state index in [1.165, 1.54) is 17.5 Å². The minimum atomic E-state index is -0.279. The maximum atomic E-state index is 13.5. The van der Waals surface area contributed by atoms with Crippen molar-refractivity contribution in [1.82, 2.24) is 20.0 Å². The zero-order valence-corrected chi connectivity index (χ0v) is 34.2. The molecule has 3 fully saturated rings. The average Bonchev–Trinajstić information content (AvgIpc) is 3.67. The largest absolute Gasteiger partial charge is 0.506 e. The van der Waals surface area contributed by atoms with E-state index in [9.17, 15) is 19.5 Å². The molecule has 4 aliphatic rings. The fourth-order valence-electron chi connectivity index (χ4n) is 8.74. The number of thiophene rings is 1. The molecule has 1 aromatic heterocycles. The number of hydrogen-bond donors (Lipinski definition) is 3. The first-order valence-electron chi connectivity index (χ1n) is 20.9. The van der Waals surface area contributed by atoms with Crippen LogP contribution in [0, 0.1) is 6.92 Å². The number of phenols is 1. The van der Waals surface area contributed by atoms with Crippen molar-refractivity contribution in [3.05, 3.63) is 75.0 Å². The van der Waals surface area contributed by atoms with E-state index in [-0.39, 0.29) is 41.7 Å². The lowest BCUT2D eigenvalue weighted by Crippen LogP contribution is -2.57. The van der Waals surface area contributed by atoms with Gasteiger partial charge in [0, 0.05) is 50.2 Å². The lowest BCUT2D eigenvalue weighted by molar-refractivity contribution is -0.135. The first kappa shape index (κ1) is 41.2. The van der Waals surface area contributed by atoms with Crippen molar-refractivity contribution >= 4 is 34.7 Å². The van der Waals surface area contributed by atoms with Crippen molar-refractivity contribution in [3.63, 3.8) is 0 Å². The first-order chi connectivity index (χ1) is 27.7. The summed E-state index contributed by atoms with van der Waals surface area (Å²) >= 11 is 1.57. The molecule has 3 N–H and O–H groups in total. The topological polar surface area (TPSA) is 133 Å².